The van der Waals surface area contributed by atoms with E-state index in [4.69, 9.17) is 4.98 Å². The summed E-state index contributed by atoms with van der Waals surface area (Å²) in [5.74, 6) is 0.0384. The second-order valence-corrected chi connectivity index (χ2v) is 7.57. The molecular formula is C25H27FN4O. The highest BCUT2D eigenvalue weighted by molar-refractivity contribution is 5.99. The lowest BCUT2D eigenvalue weighted by molar-refractivity contribution is 0.0951. The molecule has 0 atom stereocenters. The molecule has 0 spiro atoms. The van der Waals surface area contributed by atoms with Crippen molar-refractivity contribution in [2.75, 3.05) is 11.9 Å². The summed E-state index contributed by atoms with van der Waals surface area (Å²) < 4.78 is 13.4. The Morgan fingerprint density at radius 2 is 1.84 bits per heavy atom. The summed E-state index contributed by atoms with van der Waals surface area (Å²) in [6.07, 6.45) is 4.03. The van der Waals surface area contributed by atoms with Crippen LogP contribution in [-0.2, 0) is 13.0 Å². The largest absolute Gasteiger partial charge is 0.369 e. The molecule has 0 saturated carbocycles. The number of nitrogens with zero attached hydrogens (tertiary/aromatic N) is 2. The van der Waals surface area contributed by atoms with Crippen LogP contribution in [0.25, 0.3) is 5.57 Å². The Kier molecular flexibility index (Phi) is 7.49. The molecule has 0 fully saturated rings. The molecule has 0 aliphatic carbocycles. The van der Waals surface area contributed by atoms with Gasteiger partial charge >= 0.3 is 0 Å². The van der Waals surface area contributed by atoms with E-state index in [1.807, 2.05) is 45.0 Å². The van der Waals surface area contributed by atoms with Crippen molar-refractivity contribution in [2.24, 2.45) is 0 Å². The van der Waals surface area contributed by atoms with Crippen molar-refractivity contribution in [1.82, 2.24) is 15.3 Å². The van der Waals surface area contributed by atoms with Gasteiger partial charge in [-0.1, -0.05) is 23.8 Å². The minimum atomic E-state index is -0.257. The first-order chi connectivity index (χ1) is 14.9. The molecular weight excluding hydrogens is 391 g/mol. The van der Waals surface area contributed by atoms with Crippen LogP contribution in [0.5, 0.6) is 0 Å². The fourth-order valence-electron chi connectivity index (χ4n) is 3.04. The van der Waals surface area contributed by atoms with E-state index in [9.17, 15) is 9.18 Å². The van der Waals surface area contributed by atoms with Gasteiger partial charge in [0.2, 0.25) is 0 Å². The Balaban J connectivity index is 1.78. The third-order valence-corrected chi connectivity index (χ3v) is 5.05. The van der Waals surface area contributed by atoms with Crippen LogP contribution >= 0.6 is 0 Å². The van der Waals surface area contributed by atoms with E-state index in [1.165, 1.54) is 12.1 Å². The lowest BCUT2D eigenvalue weighted by Gasteiger charge is -2.14. The Labute approximate surface area is 182 Å². The topological polar surface area (TPSA) is 66.9 Å². The van der Waals surface area contributed by atoms with Gasteiger partial charge < -0.3 is 10.6 Å². The van der Waals surface area contributed by atoms with Crippen LogP contribution in [0.4, 0.5) is 10.2 Å². The molecule has 0 bridgehead atoms. The number of anilines is 1. The van der Waals surface area contributed by atoms with E-state index in [1.54, 1.807) is 24.5 Å². The second kappa shape index (κ2) is 10.5. The molecule has 160 valence electrons. The molecule has 31 heavy (non-hydrogen) atoms. The first-order valence-corrected chi connectivity index (χ1v) is 10.2. The summed E-state index contributed by atoms with van der Waals surface area (Å²) >= 11 is 0. The van der Waals surface area contributed by atoms with Crippen molar-refractivity contribution in [3.05, 3.63) is 94.7 Å². The standard InChI is InChI=1S/C25H27FN4O/c1-17(2)18(3)23-10-9-22(25(31)29-16-20-7-5-12-27-15-20)24(30-23)28-13-11-19-6-4-8-21(26)14-19/h4-10,12,14-15H,11,13,16H2,1-3H3,(H,28,30)(H,29,31). The number of aromatic nitrogens is 2. The summed E-state index contributed by atoms with van der Waals surface area (Å²) in [5.41, 5.74) is 5.31. The summed E-state index contributed by atoms with van der Waals surface area (Å²) in [7, 11) is 0. The molecule has 3 aromatic rings. The molecule has 5 nitrogen and oxygen atoms in total. The SMILES string of the molecule is CC(C)=C(C)c1ccc(C(=O)NCc2cccnc2)c(NCCc2cccc(F)c2)n1. The van der Waals surface area contributed by atoms with E-state index < -0.39 is 0 Å². The minimum absolute atomic E-state index is 0.217. The van der Waals surface area contributed by atoms with Crippen LogP contribution < -0.4 is 10.6 Å². The zero-order valence-electron chi connectivity index (χ0n) is 18.1. The maximum atomic E-state index is 13.4. The number of carbonyl (C=O) groups is 1. The minimum Gasteiger partial charge on any atom is -0.369 e. The van der Waals surface area contributed by atoms with E-state index in [-0.39, 0.29) is 11.7 Å². The van der Waals surface area contributed by atoms with Crippen molar-refractivity contribution < 1.29 is 9.18 Å². The number of hydrogen-bond donors (Lipinski definition) is 2. The quantitative estimate of drug-likeness (QED) is 0.539. The fourth-order valence-corrected chi connectivity index (χ4v) is 3.04. The number of allylic oxidation sites excluding steroid dienone is 2. The lowest BCUT2D eigenvalue weighted by atomic mass is 10.1. The highest BCUT2D eigenvalue weighted by Gasteiger charge is 2.14. The molecule has 0 radical (unpaired) electrons. The monoisotopic (exact) mass is 418 g/mol. The molecule has 0 aliphatic rings. The molecule has 2 N–H and O–H groups in total. The van der Waals surface area contributed by atoms with Crippen molar-refractivity contribution >= 4 is 17.3 Å². The van der Waals surface area contributed by atoms with Gasteiger partial charge in [-0.2, -0.15) is 0 Å². The van der Waals surface area contributed by atoms with Crippen LogP contribution in [0.2, 0.25) is 0 Å². The van der Waals surface area contributed by atoms with Gasteiger partial charge in [0.15, 0.2) is 0 Å². The van der Waals surface area contributed by atoms with Crippen LogP contribution in [0.1, 0.15) is 48.0 Å². The zero-order chi connectivity index (χ0) is 22.2. The van der Waals surface area contributed by atoms with Gasteiger partial charge in [-0.3, -0.25) is 9.78 Å². The number of benzene rings is 1. The predicted molar refractivity (Wildman–Crippen MR) is 122 cm³/mol. The van der Waals surface area contributed by atoms with Gasteiger partial charge in [-0.05, 0) is 74.2 Å². The number of hydrogen-bond acceptors (Lipinski definition) is 4. The van der Waals surface area contributed by atoms with Gasteiger partial charge in [0.1, 0.15) is 11.6 Å². The average molecular weight is 419 g/mol. The van der Waals surface area contributed by atoms with Gasteiger partial charge in [0.05, 0.1) is 11.3 Å². The summed E-state index contributed by atoms with van der Waals surface area (Å²) in [6, 6.07) is 13.9. The van der Waals surface area contributed by atoms with Crippen LogP contribution in [0.3, 0.4) is 0 Å². The summed E-state index contributed by atoms with van der Waals surface area (Å²) in [5, 5.41) is 6.19. The maximum absolute atomic E-state index is 13.4. The Hall–Kier alpha value is -3.54. The van der Waals surface area contributed by atoms with E-state index in [0.717, 1.165) is 28.0 Å². The van der Waals surface area contributed by atoms with Gasteiger partial charge in [-0.15, -0.1) is 0 Å². The second-order valence-electron chi connectivity index (χ2n) is 7.57. The number of amides is 1. The Morgan fingerprint density at radius 1 is 1.03 bits per heavy atom. The molecule has 0 aliphatic heterocycles. The van der Waals surface area contributed by atoms with E-state index >= 15 is 0 Å². The summed E-state index contributed by atoms with van der Waals surface area (Å²) in [6.45, 7) is 6.97. The third kappa shape index (κ3) is 6.22. The molecule has 1 amide bonds. The zero-order valence-corrected chi connectivity index (χ0v) is 18.1. The number of nitrogens with one attached hydrogen (secondary N) is 2. The summed E-state index contributed by atoms with van der Waals surface area (Å²) in [4.78, 5) is 21.6. The number of halogens is 1. The first kappa shape index (κ1) is 22.2. The van der Waals surface area contributed by atoms with Crippen molar-refractivity contribution in [2.45, 2.75) is 33.7 Å². The predicted octanol–water partition coefficient (Wildman–Crippen LogP) is 5.01. The maximum Gasteiger partial charge on any atom is 0.255 e. The normalized spacial score (nSPS) is 10.5. The van der Waals surface area contributed by atoms with Crippen LogP contribution in [-0.4, -0.2) is 22.4 Å². The van der Waals surface area contributed by atoms with Gasteiger partial charge in [0, 0.05) is 25.5 Å². The van der Waals surface area contributed by atoms with Crippen LogP contribution in [0, 0.1) is 5.82 Å². The lowest BCUT2D eigenvalue weighted by Crippen LogP contribution is -2.25. The van der Waals surface area contributed by atoms with E-state index in [2.05, 4.69) is 15.6 Å². The molecule has 2 aromatic heterocycles. The Morgan fingerprint density at radius 3 is 2.55 bits per heavy atom. The highest BCUT2D eigenvalue weighted by Crippen LogP contribution is 2.21. The van der Waals surface area contributed by atoms with Crippen molar-refractivity contribution in [1.29, 1.82) is 0 Å². The van der Waals surface area contributed by atoms with E-state index in [0.29, 0.717) is 30.9 Å². The number of rotatable bonds is 8. The van der Waals surface area contributed by atoms with Gasteiger partial charge in [-0.25, -0.2) is 9.37 Å². The molecule has 6 heteroatoms. The van der Waals surface area contributed by atoms with Crippen molar-refractivity contribution in [3.63, 3.8) is 0 Å². The smallest absolute Gasteiger partial charge is 0.255 e. The van der Waals surface area contributed by atoms with Crippen LogP contribution in [0.15, 0.2) is 66.5 Å². The Bertz CT molecular complexity index is 1080. The molecule has 0 unspecified atom stereocenters. The molecule has 2 heterocycles. The average Bonchev–Trinajstić information content (AvgIpc) is 2.77. The molecule has 3 rings (SSSR count). The molecule has 1 aromatic carbocycles. The van der Waals surface area contributed by atoms with Gasteiger partial charge in [0.25, 0.3) is 5.91 Å². The number of pyridine rings is 2. The fraction of sp³-hybridized carbons (Fsp3) is 0.240. The number of carbonyl (C=O) groups excluding carboxylic acids is 1. The van der Waals surface area contributed by atoms with Crippen molar-refractivity contribution in [3.8, 4) is 0 Å². The highest BCUT2D eigenvalue weighted by atomic mass is 19.1. The molecule has 0 saturated heterocycles. The third-order valence-electron chi connectivity index (χ3n) is 5.05. The first-order valence-electron chi connectivity index (χ1n) is 10.2.